The van der Waals surface area contributed by atoms with Gasteiger partial charge in [0.1, 0.15) is 28.6 Å². The Labute approximate surface area is 209 Å². The summed E-state index contributed by atoms with van der Waals surface area (Å²) in [5.74, 6) is 7.75. The molecule has 0 spiro atoms. The number of hydrogen-bond acceptors (Lipinski definition) is 7. The van der Waals surface area contributed by atoms with Crippen LogP contribution < -0.4 is 15.2 Å². The molecular formula is C25H28ClN5O4. The standard InChI is InChI=1S/C25H28ClN5O4/c1-25(2,3)35-24(32)30-9-8-16(14-30)31-22-19(26)13-28-23(27)21(22)20(29-31)7-6-15-10-17(33-4)12-18(11-15)34-5/h10-13,16H,8-9,14H2,1-5H3,(H2,27,28)/t16-/m0/s1. The lowest BCUT2D eigenvalue weighted by Gasteiger charge is -2.24. The molecular weight excluding hydrogens is 470 g/mol. The van der Waals surface area contributed by atoms with Crippen molar-refractivity contribution in [2.24, 2.45) is 0 Å². The van der Waals surface area contributed by atoms with E-state index < -0.39 is 5.60 Å². The number of fused-ring (bicyclic) bond motifs is 1. The second-order valence-electron chi connectivity index (χ2n) is 9.23. The molecule has 9 nitrogen and oxygen atoms in total. The Bertz CT molecular complexity index is 1310. The number of benzene rings is 1. The molecule has 3 aromatic rings. The Morgan fingerprint density at radius 3 is 2.49 bits per heavy atom. The van der Waals surface area contributed by atoms with E-state index in [1.54, 1.807) is 42.0 Å². The van der Waals surface area contributed by atoms with Crippen molar-refractivity contribution in [3.05, 3.63) is 40.7 Å². The maximum atomic E-state index is 12.6. The highest BCUT2D eigenvalue weighted by Gasteiger charge is 2.33. The van der Waals surface area contributed by atoms with Gasteiger partial charge in [-0.2, -0.15) is 5.10 Å². The second-order valence-corrected chi connectivity index (χ2v) is 9.64. The van der Waals surface area contributed by atoms with Crippen LogP contribution >= 0.6 is 11.6 Å². The molecule has 1 saturated heterocycles. The van der Waals surface area contributed by atoms with Crippen LogP contribution in [0, 0.1) is 11.8 Å². The molecule has 2 aromatic heterocycles. The van der Waals surface area contributed by atoms with Gasteiger partial charge in [-0.3, -0.25) is 4.68 Å². The highest BCUT2D eigenvalue weighted by molar-refractivity contribution is 6.35. The molecule has 1 amide bonds. The van der Waals surface area contributed by atoms with Crippen molar-refractivity contribution in [1.82, 2.24) is 19.7 Å². The highest BCUT2D eigenvalue weighted by Crippen LogP contribution is 2.34. The van der Waals surface area contributed by atoms with Crippen LogP contribution in [0.15, 0.2) is 24.4 Å². The van der Waals surface area contributed by atoms with Crippen LogP contribution in [0.4, 0.5) is 10.6 Å². The first-order valence-electron chi connectivity index (χ1n) is 11.1. The summed E-state index contributed by atoms with van der Waals surface area (Å²) in [5.41, 5.74) is 7.44. The molecule has 1 aromatic carbocycles. The van der Waals surface area contributed by atoms with Crippen molar-refractivity contribution >= 4 is 34.4 Å². The van der Waals surface area contributed by atoms with Gasteiger partial charge in [0.2, 0.25) is 0 Å². The summed E-state index contributed by atoms with van der Waals surface area (Å²) in [6.07, 6.45) is 1.84. The predicted octanol–water partition coefficient (Wildman–Crippen LogP) is 4.27. The van der Waals surface area contributed by atoms with Crippen LogP contribution in [-0.4, -0.2) is 58.7 Å². The monoisotopic (exact) mass is 497 g/mol. The number of ether oxygens (including phenoxy) is 3. The third-order valence-electron chi connectivity index (χ3n) is 5.55. The summed E-state index contributed by atoms with van der Waals surface area (Å²) >= 11 is 6.54. The number of methoxy groups -OCH3 is 2. The molecule has 0 bridgehead atoms. The molecule has 1 fully saturated rings. The number of carbonyl (C=O) groups is 1. The largest absolute Gasteiger partial charge is 0.497 e. The minimum atomic E-state index is -0.567. The summed E-state index contributed by atoms with van der Waals surface area (Å²) in [7, 11) is 3.16. The number of likely N-dealkylation sites (tertiary alicyclic amines) is 1. The molecule has 1 aliphatic heterocycles. The fourth-order valence-corrected chi connectivity index (χ4v) is 4.18. The van der Waals surface area contributed by atoms with E-state index in [0.29, 0.717) is 58.2 Å². The number of amides is 1. The van der Waals surface area contributed by atoms with Crippen molar-refractivity contribution in [3.63, 3.8) is 0 Å². The first-order valence-corrected chi connectivity index (χ1v) is 11.5. The number of pyridine rings is 1. The Morgan fingerprint density at radius 1 is 1.17 bits per heavy atom. The van der Waals surface area contributed by atoms with Gasteiger partial charge in [-0.1, -0.05) is 17.5 Å². The fourth-order valence-electron chi connectivity index (χ4n) is 3.95. The Morgan fingerprint density at radius 2 is 1.86 bits per heavy atom. The number of halogens is 1. The lowest BCUT2D eigenvalue weighted by Crippen LogP contribution is -2.35. The van der Waals surface area contributed by atoms with Crippen molar-refractivity contribution in [3.8, 4) is 23.3 Å². The maximum Gasteiger partial charge on any atom is 0.410 e. The summed E-state index contributed by atoms with van der Waals surface area (Å²) in [5, 5.41) is 5.75. The van der Waals surface area contributed by atoms with Crippen LogP contribution in [0.2, 0.25) is 5.02 Å². The van der Waals surface area contributed by atoms with Crippen LogP contribution in [0.1, 0.15) is 44.5 Å². The van der Waals surface area contributed by atoms with Gasteiger partial charge in [-0.25, -0.2) is 9.78 Å². The average Bonchev–Trinajstić information content (AvgIpc) is 3.44. The van der Waals surface area contributed by atoms with Gasteiger partial charge < -0.3 is 24.8 Å². The number of nitrogen functional groups attached to an aromatic ring is 1. The molecule has 184 valence electrons. The molecule has 1 atom stereocenters. The van der Waals surface area contributed by atoms with E-state index in [4.69, 9.17) is 36.6 Å². The van der Waals surface area contributed by atoms with Crippen LogP contribution in [-0.2, 0) is 4.74 Å². The number of nitrogens with two attached hydrogens (primary N) is 1. The zero-order valence-electron chi connectivity index (χ0n) is 20.4. The van der Waals surface area contributed by atoms with Gasteiger partial charge in [-0.05, 0) is 45.2 Å². The molecule has 4 rings (SSSR count). The van der Waals surface area contributed by atoms with Gasteiger partial charge in [0.15, 0.2) is 0 Å². The highest BCUT2D eigenvalue weighted by atomic mass is 35.5. The maximum absolute atomic E-state index is 12.6. The Hall–Kier alpha value is -3.64. The van der Waals surface area contributed by atoms with Crippen LogP contribution in [0.3, 0.4) is 0 Å². The number of nitrogens with zero attached hydrogens (tertiary/aromatic N) is 4. The van der Waals surface area contributed by atoms with E-state index in [2.05, 4.69) is 16.8 Å². The second kappa shape index (κ2) is 9.55. The first-order chi connectivity index (χ1) is 16.6. The number of rotatable bonds is 3. The van der Waals surface area contributed by atoms with Gasteiger partial charge in [0, 0.05) is 24.7 Å². The lowest BCUT2D eigenvalue weighted by atomic mass is 10.1. The van der Waals surface area contributed by atoms with E-state index >= 15 is 0 Å². The molecule has 1 aliphatic rings. The van der Waals surface area contributed by atoms with E-state index in [0.717, 1.165) is 0 Å². The number of carbonyl (C=O) groups excluding carboxylic acids is 1. The zero-order valence-corrected chi connectivity index (χ0v) is 21.1. The first kappa shape index (κ1) is 24.5. The van der Waals surface area contributed by atoms with E-state index in [9.17, 15) is 4.79 Å². The number of anilines is 1. The topological polar surface area (TPSA) is 105 Å². The molecule has 0 radical (unpaired) electrons. The van der Waals surface area contributed by atoms with Crippen molar-refractivity contribution in [2.45, 2.75) is 38.8 Å². The van der Waals surface area contributed by atoms with Gasteiger partial charge in [0.05, 0.1) is 42.4 Å². The summed E-state index contributed by atoms with van der Waals surface area (Å²) in [6.45, 7) is 6.52. The average molecular weight is 498 g/mol. The number of hydrogen-bond donors (Lipinski definition) is 1. The van der Waals surface area contributed by atoms with Gasteiger partial charge in [0.25, 0.3) is 0 Å². The summed E-state index contributed by atoms with van der Waals surface area (Å²) in [4.78, 5) is 18.4. The van der Waals surface area contributed by atoms with Crippen LogP contribution in [0.25, 0.3) is 10.9 Å². The Kier molecular flexibility index (Phi) is 6.68. The third kappa shape index (κ3) is 5.23. The summed E-state index contributed by atoms with van der Waals surface area (Å²) in [6, 6.07) is 5.27. The predicted molar refractivity (Wildman–Crippen MR) is 134 cm³/mol. The van der Waals surface area contributed by atoms with E-state index in [1.165, 1.54) is 6.20 Å². The molecule has 10 heteroatoms. The molecule has 0 unspecified atom stereocenters. The van der Waals surface area contributed by atoms with Crippen molar-refractivity contribution < 1.29 is 19.0 Å². The molecule has 0 saturated carbocycles. The third-order valence-corrected chi connectivity index (χ3v) is 5.82. The summed E-state index contributed by atoms with van der Waals surface area (Å²) < 4.78 is 18.0. The Balaban J connectivity index is 1.72. The molecule has 0 aliphatic carbocycles. The van der Waals surface area contributed by atoms with Crippen molar-refractivity contribution in [1.29, 1.82) is 0 Å². The smallest absolute Gasteiger partial charge is 0.410 e. The fraction of sp³-hybridized carbons (Fsp3) is 0.400. The number of aromatic nitrogens is 3. The normalized spacial score (nSPS) is 15.6. The van der Waals surface area contributed by atoms with Crippen LogP contribution in [0.5, 0.6) is 11.5 Å². The van der Waals surface area contributed by atoms with Crippen molar-refractivity contribution in [2.75, 3.05) is 33.0 Å². The van der Waals surface area contributed by atoms with E-state index in [-0.39, 0.29) is 18.0 Å². The minimum absolute atomic E-state index is 0.114. The molecule has 35 heavy (non-hydrogen) atoms. The SMILES string of the molecule is COc1cc(C#Cc2nn([C@H]3CCN(C(=O)OC(C)(C)C)C3)c3c(Cl)cnc(N)c23)cc(OC)c1. The molecule has 3 heterocycles. The van der Waals surface area contributed by atoms with E-state index in [1.807, 2.05) is 20.8 Å². The zero-order chi connectivity index (χ0) is 25.3. The quantitative estimate of drug-likeness (QED) is 0.539. The van der Waals surface area contributed by atoms with Gasteiger partial charge in [-0.15, -0.1) is 0 Å². The van der Waals surface area contributed by atoms with Gasteiger partial charge >= 0.3 is 6.09 Å². The molecule has 2 N–H and O–H groups in total. The minimum Gasteiger partial charge on any atom is -0.497 e. The lowest BCUT2D eigenvalue weighted by molar-refractivity contribution is 0.0288.